The molecule has 2 nitrogen and oxygen atoms in total. The van der Waals surface area contributed by atoms with Crippen molar-refractivity contribution in [3.8, 4) is 0 Å². The van der Waals surface area contributed by atoms with E-state index in [1.807, 2.05) is 23.1 Å². The topological polar surface area (TPSA) is 20.3 Å². The molecule has 1 amide bonds. The summed E-state index contributed by atoms with van der Waals surface area (Å²) in [6.07, 6.45) is 2.26. The lowest BCUT2D eigenvalue weighted by Crippen LogP contribution is -2.40. The molecule has 2 rings (SSSR count). The molecular formula is C15H19NO. The van der Waals surface area contributed by atoms with E-state index in [2.05, 4.69) is 32.9 Å². The van der Waals surface area contributed by atoms with Crippen molar-refractivity contribution in [2.75, 3.05) is 4.90 Å². The second-order valence-electron chi connectivity index (χ2n) is 4.86. The summed E-state index contributed by atoms with van der Waals surface area (Å²) in [6, 6.07) is 8.33. The van der Waals surface area contributed by atoms with Crippen molar-refractivity contribution in [2.45, 2.75) is 33.7 Å². The molecule has 1 aromatic carbocycles. The summed E-state index contributed by atoms with van der Waals surface area (Å²) in [7, 11) is 0. The van der Waals surface area contributed by atoms with Crippen LogP contribution in [0.5, 0.6) is 0 Å². The average Bonchev–Trinajstić information content (AvgIpc) is 2.37. The largest absolute Gasteiger partial charge is 0.309 e. The Balaban J connectivity index is 2.63. The van der Waals surface area contributed by atoms with E-state index in [4.69, 9.17) is 0 Å². The Hall–Kier alpha value is -1.57. The number of benzene rings is 1. The fourth-order valence-corrected chi connectivity index (χ4v) is 2.55. The molecule has 0 saturated carbocycles. The number of amides is 1. The van der Waals surface area contributed by atoms with Crippen molar-refractivity contribution in [3.63, 3.8) is 0 Å². The van der Waals surface area contributed by atoms with E-state index >= 15 is 0 Å². The molecular weight excluding hydrogens is 210 g/mol. The van der Waals surface area contributed by atoms with E-state index in [1.165, 1.54) is 11.1 Å². The Morgan fingerprint density at radius 2 is 1.88 bits per heavy atom. The van der Waals surface area contributed by atoms with Crippen molar-refractivity contribution in [1.82, 2.24) is 0 Å². The van der Waals surface area contributed by atoms with Crippen LogP contribution in [0.2, 0.25) is 0 Å². The molecule has 0 aromatic heterocycles. The molecule has 0 saturated heterocycles. The standard InChI is InChI=1S/C15H19NO/c1-10-9-11(2)14-7-5-6-8-15(14)16(12(10)3)13(4)17/h5-10,12H,1-4H3/t10-,12-/m1/s1. The lowest BCUT2D eigenvalue weighted by atomic mass is 10.00. The lowest BCUT2D eigenvalue weighted by Gasteiger charge is -2.30. The number of carbonyl (C=O) groups excluding carboxylic acids is 1. The normalized spacial score (nSPS) is 23.8. The molecule has 0 N–H and O–H groups in total. The maximum Gasteiger partial charge on any atom is 0.224 e. The van der Waals surface area contributed by atoms with E-state index < -0.39 is 0 Å². The van der Waals surface area contributed by atoms with Crippen molar-refractivity contribution < 1.29 is 4.79 Å². The van der Waals surface area contributed by atoms with E-state index in [0.717, 1.165) is 5.69 Å². The summed E-state index contributed by atoms with van der Waals surface area (Å²) in [5.41, 5.74) is 3.45. The van der Waals surface area contributed by atoms with Gasteiger partial charge in [-0.25, -0.2) is 0 Å². The van der Waals surface area contributed by atoms with Gasteiger partial charge in [-0.3, -0.25) is 4.79 Å². The monoisotopic (exact) mass is 229 g/mol. The SMILES string of the molecule is CC(=O)N1c2ccccc2C(C)=C[C@@H](C)[C@H]1C. The number of hydrogen-bond acceptors (Lipinski definition) is 1. The van der Waals surface area contributed by atoms with Crippen LogP contribution in [0.3, 0.4) is 0 Å². The highest BCUT2D eigenvalue weighted by atomic mass is 16.2. The van der Waals surface area contributed by atoms with Crippen LogP contribution in [0.1, 0.15) is 33.3 Å². The number of rotatable bonds is 0. The van der Waals surface area contributed by atoms with Gasteiger partial charge < -0.3 is 4.90 Å². The Bertz CT molecular complexity index is 476. The summed E-state index contributed by atoms with van der Waals surface area (Å²) in [4.78, 5) is 13.8. The van der Waals surface area contributed by atoms with E-state index in [9.17, 15) is 4.79 Å². The molecule has 2 atom stereocenters. The first-order valence-electron chi connectivity index (χ1n) is 6.10. The summed E-state index contributed by atoms with van der Waals surface area (Å²) in [5, 5.41) is 0. The van der Waals surface area contributed by atoms with Crippen LogP contribution in [0.4, 0.5) is 5.69 Å². The first kappa shape index (κ1) is 11.9. The highest BCUT2D eigenvalue weighted by Crippen LogP contribution is 2.34. The Morgan fingerprint density at radius 3 is 2.53 bits per heavy atom. The van der Waals surface area contributed by atoms with E-state index in [-0.39, 0.29) is 11.9 Å². The molecule has 1 aromatic rings. The third-order valence-corrected chi connectivity index (χ3v) is 3.61. The third-order valence-electron chi connectivity index (χ3n) is 3.61. The number of para-hydroxylation sites is 1. The quantitative estimate of drug-likeness (QED) is 0.667. The minimum absolute atomic E-state index is 0.111. The molecule has 1 aliphatic rings. The zero-order valence-electron chi connectivity index (χ0n) is 10.9. The lowest BCUT2D eigenvalue weighted by molar-refractivity contribution is -0.117. The second kappa shape index (κ2) is 4.36. The van der Waals surface area contributed by atoms with Gasteiger partial charge in [-0.2, -0.15) is 0 Å². The number of nitrogens with zero attached hydrogens (tertiary/aromatic N) is 1. The van der Waals surface area contributed by atoms with Gasteiger partial charge in [0.15, 0.2) is 0 Å². The minimum Gasteiger partial charge on any atom is -0.309 e. The minimum atomic E-state index is 0.111. The summed E-state index contributed by atoms with van der Waals surface area (Å²) in [5.74, 6) is 0.478. The zero-order chi connectivity index (χ0) is 12.6. The number of hydrogen-bond donors (Lipinski definition) is 0. The fraction of sp³-hybridized carbons (Fsp3) is 0.400. The van der Waals surface area contributed by atoms with Crippen molar-refractivity contribution in [3.05, 3.63) is 35.9 Å². The van der Waals surface area contributed by atoms with Gasteiger partial charge in [-0.1, -0.05) is 31.2 Å². The maximum atomic E-state index is 11.9. The van der Waals surface area contributed by atoms with Crippen LogP contribution < -0.4 is 4.90 Å². The smallest absolute Gasteiger partial charge is 0.224 e. The molecule has 1 heterocycles. The summed E-state index contributed by atoms with van der Waals surface area (Å²) >= 11 is 0. The molecule has 2 heteroatoms. The summed E-state index contributed by atoms with van der Waals surface area (Å²) < 4.78 is 0. The fourth-order valence-electron chi connectivity index (χ4n) is 2.55. The van der Waals surface area contributed by atoms with E-state index in [0.29, 0.717) is 5.92 Å². The second-order valence-corrected chi connectivity index (χ2v) is 4.86. The highest BCUT2D eigenvalue weighted by Gasteiger charge is 2.27. The van der Waals surface area contributed by atoms with Crippen LogP contribution in [0, 0.1) is 5.92 Å². The van der Waals surface area contributed by atoms with Gasteiger partial charge in [0.1, 0.15) is 0 Å². The molecule has 0 bridgehead atoms. The molecule has 0 fully saturated rings. The van der Waals surface area contributed by atoms with Crippen LogP contribution >= 0.6 is 0 Å². The maximum absolute atomic E-state index is 11.9. The molecule has 0 spiro atoms. The van der Waals surface area contributed by atoms with Gasteiger partial charge in [0.2, 0.25) is 5.91 Å². The highest BCUT2D eigenvalue weighted by molar-refractivity contribution is 5.96. The molecule has 0 unspecified atom stereocenters. The van der Waals surface area contributed by atoms with Crippen molar-refractivity contribution in [1.29, 1.82) is 0 Å². The third kappa shape index (κ3) is 1.99. The summed E-state index contributed by atoms with van der Waals surface area (Å²) in [6.45, 7) is 8.03. The average molecular weight is 229 g/mol. The van der Waals surface area contributed by atoms with Gasteiger partial charge in [0.25, 0.3) is 0 Å². The molecule has 0 aliphatic carbocycles. The predicted octanol–water partition coefficient (Wildman–Crippen LogP) is 3.48. The van der Waals surface area contributed by atoms with E-state index in [1.54, 1.807) is 6.92 Å². The number of allylic oxidation sites excluding steroid dienone is 1. The molecule has 0 radical (unpaired) electrons. The predicted molar refractivity (Wildman–Crippen MR) is 71.9 cm³/mol. The van der Waals surface area contributed by atoms with Crippen LogP contribution in [0.15, 0.2) is 30.3 Å². The Morgan fingerprint density at radius 1 is 1.24 bits per heavy atom. The Kier molecular flexibility index (Phi) is 3.05. The molecule has 90 valence electrons. The van der Waals surface area contributed by atoms with Crippen molar-refractivity contribution >= 4 is 17.2 Å². The van der Waals surface area contributed by atoms with Crippen molar-refractivity contribution in [2.24, 2.45) is 5.92 Å². The first-order valence-corrected chi connectivity index (χ1v) is 6.10. The zero-order valence-corrected chi connectivity index (χ0v) is 10.9. The van der Waals surface area contributed by atoms with Gasteiger partial charge in [0, 0.05) is 18.5 Å². The van der Waals surface area contributed by atoms with Gasteiger partial charge in [0.05, 0.1) is 5.69 Å². The van der Waals surface area contributed by atoms with Gasteiger partial charge in [-0.15, -0.1) is 0 Å². The first-order chi connectivity index (χ1) is 8.02. The number of carbonyl (C=O) groups is 1. The molecule has 17 heavy (non-hydrogen) atoms. The van der Waals surface area contributed by atoms with Crippen LogP contribution in [0.25, 0.3) is 5.57 Å². The number of fused-ring (bicyclic) bond motifs is 1. The Labute approximate surface area is 103 Å². The van der Waals surface area contributed by atoms with Gasteiger partial charge in [-0.05, 0) is 31.4 Å². The molecule has 1 aliphatic heterocycles. The number of anilines is 1. The van der Waals surface area contributed by atoms with Crippen LogP contribution in [-0.4, -0.2) is 11.9 Å². The van der Waals surface area contributed by atoms with Gasteiger partial charge >= 0.3 is 0 Å². The van der Waals surface area contributed by atoms with Crippen LogP contribution in [-0.2, 0) is 4.79 Å².